The largest absolute Gasteiger partial charge is 0.379 e. The van der Waals surface area contributed by atoms with E-state index in [2.05, 4.69) is 22.0 Å². The zero-order valence-electron chi connectivity index (χ0n) is 17.8. The molecule has 0 aliphatic carbocycles. The van der Waals surface area contributed by atoms with Crippen molar-refractivity contribution in [2.24, 2.45) is 0 Å². The highest BCUT2D eigenvalue weighted by atomic mass is 16.5. The van der Waals surface area contributed by atoms with Gasteiger partial charge in [-0.2, -0.15) is 0 Å². The van der Waals surface area contributed by atoms with Gasteiger partial charge >= 0.3 is 0 Å². The number of H-pyrrole nitrogens is 1. The molecular weight excluding hydrogens is 380 g/mol. The van der Waals surface area contributed by atoms with Gasteiger partial charge in [0, 0.05) is 69.7 Å². The minimum Gasteiger partial charge on any atom is -0.379 e. The highest BCUT2D eigenvalue weighted by Crippen LogP contribution is 2.21. The van der Waals surface area contributed by atoms with Gasteiger partial charge in [0.1, 0.15) is 0 Å². The fourth-order valence-electron chi connectivity index (χ4n) is 4.63. The Kier molecular flexibility index (Phi) is 6.69. The SMILES string of the molecule is CC(=O)N(CCN1CCOCC1)C1CCN(C(=O)CCc2c[nH]c3ccccc23)C1. The Balaban J connectivity index is 1.28. The molecule has 2 saturated heterocycles. The molecule has 1 aromatic carbocycles. The molecule has 2 aromatic rings. The van der Waals surface area contributed by atoms with Crippen LogP contribution >= 0.6 is 0 Å². The van der Waals surface area contributed by atoms with E-state index in [1.165, 1.54) is 10.9 Å². The lowest BCUT2D eigenvalue weighted by atomic mass is 10.1. The smallest absolute Gasteiger partial charge is 0.222 e. The van der Waals surface area contributed by atoms with Gasteiger partial charge in [-0.1, -0.05) is 18.2 Å². The zero-order valence-corrected chi connectivity index (χ0v) is 17.8. The second-order valence-corrected chi connectivity index (χ2v) is 8.31. The number of carbonyl (C=O) groups is 2. The van der Waals surface area contributed by atoms with Crippen LogP contribution in [0.2, 0.25) is 0 Å². The molecule has 7 nitrogen and oxygen atoms in total. The van der Waals surface area contributed by atoms with E-state index in [-0.39, 0.29) is 17.9 Å². The van der Waals surface area contributed by atoms with Crippen LogP contribution in [-0.4, -0.2) is 90.0 Å². The number of hydrogen-bond donors (Lipinski definition) is 1. The number of ether oxygens (including phenoxy) is 1. The molecule has 2 aliphatic rings. The third-order valence-electron chi connectivity index (χ3n) is 6.41. The molecule has 2 fully saturated rings. The molecule has 2 amide bonds. The highest BCUT2D eigenvalue weighted by molar-refractivity contribution is 5.84. The molecule has 1 unspecified atom stereocenters. The maximum atomic E-state index is 12.8. The van der Waals surface area contributed by atoms with Crippen molar-refractivity contribution in [3.63, 3.8) is 0 Å². The van der Waals surface area contributed by atoms with Crippen molar-refractivity contribution in [2.45, 2.75) is 32.2 Å². The van der Waals surface area contributed by atoms with Crippen molar-refractivity contribution in [1.82, 2.24) is 19.7 Å². The van der Waals surface area contributed by atoms with Crippen LogP contribution in [0.4, 0.5) is 0 Å². The first-order valence-corrected chi connectivity index (χ1v) is 11.0. The summed E-state index contributed by atoms with van der Waals surface area (Å²) in [4.78, 5) is 34.6. The summed E-state index contributed by atoms with van der Waals surface area (Å²) in [7, 11) is 0. The topological polar surface area (TPSA) is 68.9 Å². The number of aromatic amines is 1. The number of aryl methyl sites for hydroxylation is 1. The van der Waals surface area contributed by atoms with Gasteiger partial charge in [0.05, 0.1) is 19.3 Å². The predicted molar refractivity (Wildman–Crippen MR) is 116 cm³/mol. The van der Waals surface area contributed by atoms with Gasteiger partial charge < -0.3 is 19.5 Å². The molecule has 1 aromatic heterocycles. The Labute approximate surface area is 178 Å². The number of amides is 2. The first-order valence-electron chi connectivity index (χ1n) is 11.0. The number of rotatable bonds is 7. The summed E-state index contributed by atoms with van der Waals surface area (Å²) in [5.41, 5.74) is 2.30. The monoisotopic (exact) mass is 412 g/mol. The Hall–Kier alpha value is -2.38. The summed E-state index contributed by atoms with van der Waals surface area (Å²) >= 11 is 0. The maximum Gasteiger partial charge on any atom is 0.222 e. The number of carbonyl (C=O) groups excluding carboxylic acids is 2. The Morgan fingerprint density at radius 1 is 1.20 bits per heavy atom. The molecule has 2 aliphatic heterocycles. The second kappa shape index (κ2) is 9.62. The van der Waals surface area contributed by atoms with Crippen molar-refractivity contribution in [3.05, 3.63) is 36.0 Å². The number of fused-ring (bicyclic) bond motifs is 1. The lowest BCUT2D eigenvalue weighted by Gasteiger charge is -2.32. The molecule has 4 rings (SSSR count). The van der Waals surface area contributed by atoms with Crippen LogP contribution < -0.4 is 0 Å². The molecule has 30 heavy (non-hydrogen) atoms. The third-order valence-corrected chi connectivity index (χ3v) is 6.41. The van der Waals surface area contributed by atoms with Crippen LogP contribution in [0.15, 0.2) is 30.5 Å². The third kappa shape index (κ3) is 4.84. The van der Waals surface area contributed by atoms with E-state index in [1.54, 1.807) is 6.92 Å². The van der Waals surface area contributed by atoms with E-state index in [0.717, 1.165) is 64.3 Å². The van der Waals surface area contributed by atoms with Gasteiger partial charge in [0.2, 0.25) is 11.8 Å². The van der Waals surface area contributed by atoms with Gasteiger partial charge in [-0.15, -0.1) is 0 Å². The van der Waals surface area contributed by atoms with Crippen molar-refractivity contribution < 1.29 is 14.3 Å². The molecule has 162 valence electrons. The van der Waals surface area contributed by atoms with Crippen molar-refractivity contribution in [1.29, 1.82) is 0 Å². The standard InChI is InChI=1S/C23H32N4O3/c1-18(28)27(11-10-25-12-14-30-15-13-25)20-8-9-26(17-20)23(29)7-6-19-16-24-22-5-3-2-4-21(19)22/h2-5,16,20,24H,6-15,17H2,1H3. The van der Waals surface area contributed by atoms with Crippen molar-refractivity contribution in [3.8, 4) is 0 Å². The number of nitrogens with zero attached hydrogens (tertiary/aromatic N) is 3. The van der Waals surface area contributed by atoms with Gasteiger partial charge in [-0.25, -0.2) is 0 Å². The first kappa shape index (κ1) is 20.9. The minimum absolute atomic E-state index is 0.0985. The molecule has 0 bridgehead atoms. The Morgan fingerprint density at radius 3 is 2.80 bits per heavy atom. The first-order chi connectivity index (χ1) is 14.6. The fourth-order valence-corrected chi connectivity index (χ4v) is 4.63. The summed E-state index contributed by atoms with van der Waals surface area (Å²) in [6.07, 6.45) is 4.11. The van der Waals surface area contributed by atoms with E-state index in [9.17, 15) is 9.59 Å². The number of benzene rings is 1. The van der Waals surface area contributed by atoms with Gasteiger partial charge in [-0.3, -0.25) is 14.5 Å². The number of likely N-dealkylation sites (tertiary alicyclic amines) is 1. The summed E-state index contributed by atoms with van der Waals surface area (Å²) in [5, 5.41) is 1.19. The Morgan fingerprint density at radius 2 is 2.00 bits per heavy atom. The predicted octanol–water partition coefficient (Wildman–Crippen LogP) is 1.88. The molecule has 0 spiro atoms. The average Bonchev–Trinajstić information content (AvgIpc) is 3.40. The quantitative estimate of drug-likeness (QED) is 0.754. The van der Waals surface area contributed by atoms with Crippen molar-refractivity contribution >= 4 is 22.7 Å². The van der Waals surface area contributed by atoms with Crippen LogP contribution in [0.5, 0.6) is 0 Å². The van der Waals surface area contributed by atoms with Gasteiger partial charge in [0.15, 0.2) is 0 Å². The van der Waals surface area contributed by atoms with Crippen molar-refractivity contribution in [2.75, 3.05) is 52.5 Å². The van der Waals surface area contributed by atoms with E-state index >= 15 is 0 Å². The van der Waals surface area contributed by atoms with Crippen LogP contribution in [-0.2, 0) is 20.7 Å². The summed E-state index contributed by atoms with van der Waals surface area (Å²) in [5.74, 6) is 0.279. The number of para-hydroxylation sites is 1. The molecule has 1 N–H and O–H groups in total. The van der Waals surface area contributed by atoms with Gasteiger partial charge in [0.25, 0.3) is 0 Å². The molecule has 3 heterocycles. The molecular formula is C23H32N4O3. The van der Waals surface area contributed by atoms with Crippen LogP contribution in [0.3, 0.4) is 0 Å². The van der Waals surface area contributed by atoms with E-state index < -0.39 is 0 Å². The summed E-state index contributed by atoms with van der Waals surface area (Å²) in [6, 6.07) is 8.31. The summed E-state index contributed by atoms with van der Waals surface area (Å²) < 4.78 is 5.40. The van der Waals surface area contributed by atoms with Crippen LogP contribution in [0.1, 0.15) is 25.3 Å². The van der Waals surface area contributed by atoms with Crippen LogP contribution in [0, 0.1) is 0 Å². The Bertz CT molecular complexity index is 874. The fraction of sp³-hybridized carbons (Fsp3) is 0.565. The molecule has 7 heteroatoms. The maximum absolute atomic E-state index is 12.8. The zero-order chi connectivity index (χ0) is 20.9. The van der Waals surface area contributed by atoms with E-state index in [0.29, 0.717) is 13.0 Å². The van der Waals surface area contributed by atoms with Crippen LogP contribution in [0.25, 0.3) is 10.9 Å². The second-order valence-electron chi connectivity index (χ2n) is 8.31. The van der Waals surface area contributed by atoms with Gasteiger partial charge in [-0.05, 0) is 24.5 Å². The number of nitrogens with one attached hydrogen (secondary N) is 1. The lowest BCUT2D eigenvalue weighted by molar-refractivity contribution is -0.133. The number of aromatic nitrogens is 1. The number of hydrogen-bond acceptors (Lipinski definition) is 4. The molecule has 1 atom stereocenters. The average molecular weight is 413 g/mol. The summed E-state index contributed by atoms with van der Waals surface area (Å²) in [6.45, 7) is 7.99. The highest BCUT2D eigenvalue weighted by Gasteiger charge is 2.31. The van der Waals surface area contributed by atoms with E-state index in [1.807, 2.05) is 28.1 Å². The molecule has 0 radical (unpaired) electrons. The minimum atomic E-state index is 0.0985. The molecule has 0 saturated carbocycles. The van der Waals surface area contributed by atoms with E-state index in [4.69, 9.17) is 4.74 Å². The number of morpholine rings is 1. The normalized spacial score (nSPS) is 20.0. The lowest BCUT2D eigenvalue weighted by Crippen LogP contribution is -2.47.